The van der Waals surface area contributed by atoms with E-state index in [9.17, 15) is 14.3 Å². The Morgan fingerprint density at radius 2 is 2.11 bits per heavy atom. The molecule has 1 aliphatic rings. The summed E-state index contributed by atoms with van der Waals surface area (Å²) in [6, 6.07) is 7.66. The van der Waals surface area contributed by atoms with E-state index in [-0.39, 0.29) is 29.3 Å². The number of pyridine rings is 1. The number of phenols is 1. The Morgan fingerprint density at radius 3 is 2.69 bits per heavy atom. The van der Waals surface area contributed by atoms with Gasteiger partial charge in [0.1, 0.15) is 17.3 Å². The number of aromatic nitrogens is 1. The summed E-state index contributed by atoms with van der Waals surface area (Å²) >= 11 is 10.2. The van der Waals surface area contributed by atoms with Crippen LogP contribution in [0.1, 0.15) is 32.3 Å². The average molecular weight is 523 g/mol. The number of halogens is 2. The van der Waals surface area contributed by atoms with E-state index in [1.54, 1.807) is 31.3 Å². The van der Waals surface area contributed by atoms with E-state index in [2.05, 4.69) is 33.2 Å². The molecule has 1 aromatic heterocycles. The molecule has 1 fully saturated rings. The van der Waals surface area contributed by atoms with Gasteiger partial charge in [0.2, 0.25) is 5.90 Å². The average Bonchev–Trinajstić information content (AvgIpc) is 2.82. The van der Waals surface area contributed by atoms with Crippen LogP contribution < -0.4 is 15.4 Å². The first-order valence-electron chi connectivity index (χ1n) is 10.9. The van der Waals surface area contributed by atoms with Gasteiger partial charge in [0.25, 0.3) is 5.91 Å². The fraction of sp³-hybridized carbons (Fsp3) is 0.375. The van der Waals surface area contributed by atoms with Crippen LogP contribution in [0.3, 0.4) is 0 Å². The third kappa shape index (κ3) is 7.33. The molecule has 0 spiro atoms. The lowest BCUT2D eigenvalue weighted by Gasteiger charge is -2.38. The van der Waals surface area contributed by atoms with E-state index in [0.717, 1.165) is 17.2 Å². The maximum absolute atomic E-state index is 13.5. The summed E-state index contributed by atoms with van der Waals surface area (Å²) in [5.74, 6) is 0.312. The molecule has 2 atom stereocenters. The molecule has 188 valence electrons. The number of hydrogen-bond acceptors (Lipinski definition) is 8. The third-order valence-electron chi connectivity index (χ3n) is 5.31. The number of thiol groups is 1. The number of amides is 1. The molecule has 2 aromatic rings. The number of phenolic OH excluding ortho intramolecular Hbond substituents is 1. The normalized spacial score (nSPS) is 20.2. The Kier molecular flexibility index (Phi) is 8.98. The molecule has 35 heavy (non-hydrogen) atoms. The number of nitrogens with zero attached hydrogens (tertiary/aromatic N) is 2. The van der Waals surface area contributed by atoms with Crippen molar-refractivity contribution in [1.29, 1.82) is 0 Å². The highest BCUT2D eigenvalue weighted by Crippen LogP contribution is 2.27. The molecule has 0 radical (unpaired) electrons. The Labute approximate surface area is 214 Å². The van der Waals surface area contributed by atoms with Crippen LogP contribution in [-0.4, -0.2) is 53.0 Å². The van der Waals surface area contributed by atoms with Crippen LogP contribution in [0.25, 0.3) is 5.76 Å². The molecule has 1 aliphatic heterocycles. The zero-order valence-electron chi connectivity index (χ0n) is 19.6. The first-order valence-corrected chi connectivity index (χ1v) is 11.7. The van der Waals surface area contributed by atoms with E-state index in [1.807, 2.05) is 13.8 Å². The van der Waals surface area contributed by atoms with Crippen molar-refractivity contribution in [3.8, 4) is 11.5 Å². The number of benzene rings is 1. The molecular weight excluding hydrogens is 495 g/mol. The maximum Gasteiger partial charge on any atom is 0.259 e. The Hall–Kier alpha value is -2.82. The summed E-state index contributed by atoms with van der Waals surface area (Å²) in [5.41, 5.74) is 1.78. The Balaban J connectivity index is 1.55. The van der Waals surface area contributed by atoms with E-state index in [4.69, 9.17) is 21.1 Å². The highest BCUT2D eigenvalue weighted by Gasteiger charge is 2.36. The van der Waals surface area contributed by atoms with Gasteiger partial charge in [0.15, 0.2) is 17.6 Å². The van der Waals surface area contributed by atoms with Crippen molar-refractivity contribution < 1.29 is 23.8 Å². The zero-order valence-corrected chi connectivity index (χ0v) is 21.3. The maximum atomic E-state index is 13.5. The molecule has 8 nitrogen and oxygen atoms in total. The van der Waals surface area contributed by atoms with Crippen molar-refractivity contribution in [2.45, 2.75) is 37.6 Å². The number of hydrogen-bond donors (Lipinski definition) is 4. The quantitative estimate of drug-likeness (QED) is 0.110. The van der Waals surface area contributed by atoms with Crippen molar-refractivity contribution in [2.24, 2.45) is 4.99 Å². The predicted octanol–water partition coefficient (Wildman–Crippen LogP) is 3.95. The van der Waals surface area contributed by atoms with Crippen molar-refractivity contribution in [2.75, 3.05) is 20.2 Å². The highest BCUT2D eigenvalue weighted by molar-refractivity contribution is 7.81. The largest absolute Gasteiger partial charge is 0.508 e. The number of carbonyl (C=O) groups is 1. The van der Waals surface area contributed by atoms with Gasteiger partial charge in [-0.2, -0.15) is 12.6 Å². The monoisotopic (exact) mass is 522 g/mol. The second-order valence-corrected chi connectivity index (χ2v) is 9.54. The number of rotatable bonds is 7. The number of nitrogens with one attached hydrogen (secondary N) is 2. The standard InChI is InChI=1S/C24H28ClFN4O4S/c1-14(2)21(15-4-6-16(31)7-5-15)34-23(27-3)19-8-9-24(35,13-29-19)30-20(32)12-33-17-10-18(26)22(25)28-11-17/h4-7,10-11,19,29,31,35H,8-9,12-13H2,1-3H3,(H,30,32)/b27-23-/t19-,24-/m1/s1. The van der Waals surface area contributed by atoms with Gasteiger partial charge in [0.05, 0.1) is 17.1 Å². The topological polar surface area (TPSA) is 105 Å². The summed E-state index contributed by atoms with van der Waals surface area (Å²) in [5, 5.41) is 15.5. The number of aliphatic imine (C=N–C) groups is 1. The van der Waals surface area contributed by atoms with Crippen LogP contribution in [0, 0.1) is 5.82 Å². The van der Waals surface area contributed by atoms with E-state index in [0.29, 0.717) is 31.0 Å². The lowest BCUT2D eigenvalue weighted by Crippen LogP contribution is -2.59. The third-order valence-corrected chi connectivity index (χ3v) is 6.08. The smallest absolute Gasteiger partial charge is 0.259 e. The van der Waals surface area contributed by atoms with Gasteiger partial charge in [0, 0.05) is 25.2 Å². The zero-order chi connectivity index (χ0) is 25.6. The lowest BCUT2D eigenvalue weighted by atomic mass is 9.99. The summed E-state index contributed by atoms with van der Waals surface area (Å²) in [4.78, 5) is 19.6. The van der Waals surface area contributed by atoms with Crippen LogP contribution >= 0.6 is 24.2 Å². The molecule has 1 aromatic carbocycles. The first-order chi connectivity index (χ1) is 16.6. The Bertz CT molecular complexity index is 1120. The van der Waals surface area contributed by atoms with Crippen molar-refractivity contribution in [1.82, 2.24) is 15.6 Å². The van der Waals surface area contributed by atoms with Crippen molar-refractivity contribution in [3.05, 3.63) is 58.6 Å². The van der Waals surface area contributed by atoms with Crippen LogP contribution in [0.5, 0.6) is 11.5 Å². The molecule has 0 bridgehead atoms. The minimum atomic E-state index is -0.810. The van der Waals surface area contributed by atoms with Gasteiger partial charge in [-0.3, -0.25) is 9.79 Å². The van der Waals surface area contributed by atoms with E-state index < -0.39 is 16.6 Å². The van der Waals surface area contributed by atoms with Gasteiger partial charge in [-0.05, 0) is 56.5 Å². The highest BCUT2D eigenvalue weighted by atomic mass is 35.5. The molecular formula is C24H28ClFN4O4S. The van der Waals surface area contributed by atoms with Crippen molar-refractivity contribution >= 4 is 41.8 Å². The van der Waals surface area contributed by atoms with Crippen LogP contribution in [0.15, 0.2) is 47.1 Å². The number of carbonyl (C=O) groups excluding carboxylic acids is 1. The fourth-order valence-corrected chi connectivity index (χ4v) is 4.00. The number of allylic oxidation sites excluding steroid dienone is 1. The molecule has 0 aliphatic carbocycles. The predicted molar refractivity (Wildman–Crippen MR) is 136 cm³/mol. The molecule has 2 heterocycles. The van der Waals surface area contributed by atoms with Crippen LogP contribution in [-0.2, 0) is 9.53 Å². The van der Waals surface area contributed by atoms with Gasteiger partial charge < -0.3 is 25.2 Å². The van der Waals surface area contributed by atoms with E-state index >= 15 is 0 Å². The summed E-state index contributed by atoms with van der Waals surface area (Å²) in [6.45, 7) is 3.91. The minimum absolute atomic E-state index is 0.0988. The molecule has 1 saturated heterocycles. The molecule has 1 amide bonds. The van der Waals surface area contributed by atoms with Crippen LogP contribution in [0.2, 0.25) is 5.15 Å². The van der Waals surface area contributed by atoms with Gasteiger partial charge in [-0.1, -0.05) is 11.6 Å². The van der Waals surface area contributed by atoms with E-state index in [1.165, 1.54) is 6.20 Å². The fourth-order valence-electron chi connectivity index (χ4n) is 3.55. The molecule has 0 unspecified atom stereocenters. The second-order valence-electron chi connectivity index (χ2n) is 8.32. The van der Waals surface area contributed by atoms with Crippen molar-refractivity contribution in [3.63, 3.8) is 0 Å². The van der Waals surface area contributed by atoms with Gasteiger partial charge in [-0.25, -0.2) is 9.37 Å². The number of ether oxygens (including phenoxy) is 2. The number of aromatic hydroxyl groups is 1. The molecule has 3 rings (SSSR count). The first kappa shape index (κ1) is 26.8. The molecule has 0 saturated carbocycles. The minimum Gasteiger partial charge on any atom is -0.508 e. The second kappa shape index (κ2) is 11.7. The summed E-state index contributed by atoms with van der Waals surface area (Å²) in [7, 11) is 1.66. The Morgan fingerprint density at radius 1 is 1.40 bits per heavy atom. The molecule has 11 heteroatoms. The van der Waals surface area contributed by atoms with Gasteiger partial charge >= 0.3 is 0 Å². The SMILES string of the molecule is C/N=C(\OC(=C(C)C)c1ccc(O)cc1)[C@H]1CC[C@](S)(NC(=O)COc2cnc(Cl)c(F)c2)CN1. The van der Waals surface area contributed by atoms with Gasteiger partial charge in [-0.15, -0.1) is 0 Å². The van der Waals surface area contributed by atoms with Crippen LogP contribution in [0.4, 0.5) is 4.39 Å². The molecule has 3 N–H and O–H groups in total. The summed E-state index contributed by atoms with van der Waals surface area (Å²) in [6.07, 6.45) is 2.39. The lowest BCUT2D eigenvalue weighted by molar-refractivity contribution is -0.124. The summed E-state index contributed by atoms with van der Waals surface area (Å²) < 4.78 is 25.0. The number of piperidine rings is 1.